The van der Waals surface area contributed by atoms with Gasteiger partial charge in [-0.05, 0) is 93.9 Å². The van der Waals surface area contributed by atoms with E-state index in [0.29, 0.717) is 5.75 Å². The lowest BCUT2D eigenvalue weighted by Crippen LogP contribution is -2.21. The summed E-state index contributed by atoms with van der Waals surface area (Å²) < 4.78 is 10.9. The fourth-order valence-corrected chi connectivity index (χ4v) is 4.04. The second kappa shape index (κ2) is 11.9. The number of benzene rings is 3. The third-order valence-electron chi connectivity index (χ3n) is 5.73. The van der Waals surface area contributed by atoms with Gasteiger partial charge < -0.3 is 19.3 Å². The summed E-state index contributed by atoms with van der Waals surface area (Å²) in [4.78, 5) is 16.1. The Hall–Kier alpha value is -3.99. The zero-order chi connectivity index (χ0) is 25.4. The lowest BCUT2D eigenvalue weighted by molar-refractivity contribution is -0.128. The van der Waals surface area contributed by atoms with Crippen LogP contribution in [0.15, 0.2) is 91.5 Å². The van der Waals surface area contributed by atoms with Gasteiger partial charge in [0.2, 0.25) is 0 Å². The van der Waals surface area contributed by atoms with Crippen LogP contribution in [-0.2, 0) is 11.2 Å². The van der Waals surface area contributed by atoms with Crippen LogP contribution in [0.4, 0.5) is 22.7 Å². The van der Waals surface area contributed by atoms with Crippen molar-refractivity contribution >= 4 is 28.7 Å². The highest BCUT2D eigenvalue weighted by molar-refractivity contribution is 5.84. The first-order valence-electron chi connectivity index (χ1n) is 11.8. The van der Waals surface area contributed by atoms with E-state index in [4.69, 9.17) is 9.47 Å². The van der Waals surface area contributed by atoms with Crippen LogP contribution in [0.25, 0.3) is 0 Å². The number of anilines is 4. The first-order valence-corrected chi connectivity index (χ1v) is 11.8. The van der Waals surface area contributed by atoms with Gasteiger partial charge in [0.15, 0.2) is 0 Å². The second-order valence-corrected chi connectivity index (χ2v) is 8.27. The van der Waals surface area contributed by atoms with Crippen molar-refractivity contribution < 1.29 is 14.3 Å². The number of nitrogens with zero attached hydrogens (tertiary/aromatic N) is 2. The molecule has 3 aromatic rings. The standard InChI is InChI=1S/C30H34N2O3/c1-7-30(33)35-28-17-14-26(15-18-28)32(25-12-10-24(11-13-25)31(8-2)9-3)27-16-19-29(34-6)23(21-27)20-22(4)5/h7,10-19,21H,1,4,8-9,20H2,2-3,5-6H3. The van der Waals surface area contributed by atoms with Crippen molar-refractivity contribution in [3.63, 3.8) is 0 Å². The Balaban J connectivity index is 2.08. The number of rotatable bonds is 11. The molecule has 0 saturated heterocycles. The number of carbonyl (C=O) groups excluding carboxylic acids is 1. The van der Waals surface area contributed by atoms with Crippen LogP contribution in [-0.4, -0.2) is 26.2 Å². The van der Waals surface area contributed by atoms with Gasteiger partial charge in [-0.25, -0.2) is 4.79 Å². The Morgan fingerprint density at radius 2 is 1.43 bits per heavy atom. The quantitative estimate of drug-likeness (QED) is 0.128. The molecule has 0 aliphatic rings. The van der Waals surface area contributed by atoms with Gasteiger partial charge in [0.1, 0.15) is 11.5 Å². The summed E-state index contributed by atoms with van der Waals surface area (Å²) >= 11 is 0. The van der Waals surface area contributed by atoms with Crippen molar-refractivity contribution in [2.75, 3.05) is 30.0 Å². The summed E-state index contributed by atoms with van der Waals surface area (Å²) in [7, 11) is 1.68. The maximum absolute atomic E-state index is 11.6. The molecule has 0 saturated carbocycles. The topological polar surface area (TPSA) is 42.0 Å². The molecule has 5 heteroatoms. The van der Waals surface area contributed by atoms with E-state index in [2.05, 4.69) is 67.1 Å². The zero-order valence-electron chi connectivity index (χ0n) is 21.1. The fourth-order valence-electron chi connectivity index (χ4n) is 4.04. The third kappa shape index (κ3) is 6.33. The highest BCUT2D eigenvalue weighted by atomic mass is 16.5. The van der Waals surface area contributed by atoms with Crippen LogP contribution in [0.5, 0.6) is 11.5 Å². The Kier molecular flexibility index (Phi) is 8.74. The van der Waals surface area contributed by atoms with E-state index in [1.54, 1.807) is 19.2 Å². The minimum Gasteiger partial charge on any atom is -0.496 e. The first-order chi connectivity index (χ1) is 16.9. The summed E-state index contributed by atoms with van der Waals surface area (Å²) in [6, 6.07) is 22.2. The zero-order valence-corrected chi connectivity index (χ0v) is 21.1. The molecule has 0 N–H and O–H groups in total. The predicted molar refractivity (Wildman–Crippen MR) is 146 cm³/mol. The van der Waals surface area contributed by atoms with Crippen molar-refractivity contribution in [2.45, 2.75) is 27.2 Å². The molecule has 0 aromatic heterocycles. The molecule has 0 heterocycles. The minimum atomic E-state index is -0.485. The Morgan fingerprint density at radius 3 is 1.94 bits per heavy atom. The second-order valence-electron chi connectivity index (χ2n) is 8.27. The van der Waals surface area contributed by atoms with Gasteiger partial charge in [-0.3, -0.25) is 0 Å². The van der Waals surface area contributed by atoms with E-state index in [0.717, 1.165) is 59.5 Å². The van der Waals surface area contributed by atoms with Crippen LogP contribution in [0.2, 0.25) is 0 Å². The van der Waals surface area contributed by atoms with Gasteiger partial charge in [0, 0.05) is 47.5 Å². The molecule has 0 unspecified atom stereocenters. The summed E-state index contributed by atoms with van der Waals surface area (Å²) in [6.45, 7) is 15.8. The lowest BCUT2D eigenvalue weighted by Gasteiger charge is -2.28. The van der Waals surface area contributed by atoms with Gasteiger partial charge in [-0.1, -0.05) is 18.7 Å². The van der Waals surface area contributed by atoms with Gasteiger partial charge in [0.25, 0.3) is 0 Å². The van der Waals surface area contributed by atoms with Crippen LogP contribution in [0, 0.1) is 0 Å². The van der Waals surface area contributed by atoms with Crippen molar-refractivity contribution in [1.29, 1.82) is 0 Å². The summed E-state index contributed by atoms with van der Waals surface area (Å²) in [5.74, 6) is 0.814. The first kappa shape index (κ1) is 25.6. The molecule has 0 aliphatic carbocycles. The lowest BCUT2D eigenvalue weighted by atomic mass is 10.0. The molecule has 0 aliphatic heterocycles. The molecule has 3 rings (SSSR count). The van der Waals surface area contributed by atoms with Gasteiger partial charge in [-0.15, -0.1) is 0 Å². The molecule has 0 spiro atoms. The highest BCUT2D eigenvalue weighted by Gasteiger charge is 2.16. The highest BCUT2D eigenvalue weighted by Crippen LogP contribution is 2.38. The number of esters is 1. The molecule has 5 nitrogen and oxygen atoms in total. The normalized spacial score (nSPS) is 10.4. The van der Waals surface area contributed by atoms with Gasteiger partial charge >= 0.3 is 5.97 Å². The van der Waals surface area contributed by atoms with Gasteiger partial charge in [0.05, 0.1) is 7.11 Å². The monoisotopic (exact) mass is 470 g/mol. The predicted octanol–water partition coefficient (Wildman–Crippen LogP) is 7.22. The number of allylic oxidation sites excluding steroid dienone is 1. The van der Waals surface area contributed by atoms with Crippen LogP contribution in [0.3, 0.4) is 0 Å². The molecule has 0 atom stereocenters. The average molecular weight is 471 g/mol. The molecule has 35 heavy (non-hydrogen) atoms. The van der Waals surface area contributed by atoms with Crippen LogP contribution >= 0.6 is 0 Å². The van der Waals surface area contributed by atoms with E-state index >= 15 is 0 Å². The maximum atomic E-state index is 11.6. The Morgan fingerprint density at radius 1 is 0.886 bits per heavy atom. The third-order valence-corrected chi connectivity index (χ3v) is 5.73. The van der Waals surface area contributed by atoms with E-state index in [1.807, 2.05) is 31.2 Å². The number of carbonyl (C=O) groups is 1. The van der Waals surface area contributed by atoms with E-state index in [-0.39, 0.29) is 0 Å². The summed E-state index contributed by atoms with van der Waals surface area (Å²) in [5, 5.41) is 0. The molecule has 0 fully saturated rings. The van der Waals surface area contributed by atoms with Gasteiger partial charge in [-0.2, -0.15) is 0 Å². The SMILES string of the molecule is C=CC(=O)Oc1ccc(N(c2ccc(N(CC)CC)cc2)c2ccc(OC)c(CC(=C)C)c2)cc1. The smallest absolute Gasteiger partial charge is 0.335 e. The maximum Gasteiger partial charge on any atom is 0.335 e. The molecule has 182 valence electrons. The Bertz CT molecular complexity index is 1160. The van der Waals surface area contributed by atoms with Crippen LogP contribution < -0.4 is 19.3 Å². The van der Waals surface area contributed by atoms with Crippen molar-refractivity contribution in [1.82, 2.24) is 0 Å². The number of hydrogen-bond donors (Lipinski definition) is 0. The van der Waals surface area contributed by atoms with E-state index < -0.39 is 5.97 Å². The largest absolute Gasteiger partial charge is 0.496 e. The molecule has 0 radical (unpaired) electrons. The van der Waals surface area contributed by atoms with Crippen molar-refractivity contribution in [3.8, 4) is 11.5 Å². The summed E-state index contributed by atoms with van der Waals surface area (Å²) in [6.07, 6.45) is 1.88. The minimum absolute atomic E-state index is 0.466. The van der Waals surface area contributed by atoms with Crippen molar-refractivity contribution in [3.05, 3.63) is 97.1 Å². The number of methoxy groups -OCH3 is 1. The Labute approximate surface area is 208 Å². The van der Waals surface area contributed by atoms with Crippen molar-refractivity contribution in [2.24, 2.45) is 0 Å². The fraction of sp³-hybridized carbons (Fsp3) is 0.233. The van der Waals surface area contributed by atoms with E-state index in [9.17, 15) is 4.79 Å². The number of hydrogen-bond acceptors (Lipinski definition) is 5. The molecule has 3 aromatic carbocycles. The average Bonchev–Trinajstić information content (AvgIpc) is 2.86. The number of ether oxygens (including phenoxy) is 2. The molecule has 0 amide bonds. The van der Waals surface area contributed by atoms with E-state index in [1.165, 1.54) is 5.69 Å². The molecular weight excluding hydrogens is 436 g/mol. The van der Waals surface area contributed by atoms with Crippen LogP contribution in [0.1, 0.15) is 26.3 Å². The molecular formula is C30H34N2O3. The molecule has 0 bridgehead atoms. The summed E-state index contributed by atoms with van der Waals surface area (Å²) in [5.41, 5.74) is 6.26.